The van der Waals surface area contributed by atoms with E-state index in [2.05, 4.69) is 15.5 Å². The summed E-state index contributed by atoms with van der Waals surface area (Å²) in [5.41, 5.74) is -7.19. The van der Waals surface area contributed by atoms with Crippen LogP contribution < -0.4 is 0 Å². The van der Waals surface area contributed by atoms with E-state index in [1.54, 1.807) is 12.1 Å². The number of carbonyl (C=O) groups excluding carboxylic acids is 1. The van der Waals surface area contributed by atoms with Crippen LogP contribution in [0.2, 0.25) is 0 Å². The lowest BCUT2D eigenvalue weighted by molar-refractivity contribution is -0.348. The number of rotatable bonds is 5. The first-order valence-corrected chi connectivity index (χ1v) is 15.1. The number of benzene rings is 3. The first-order valence-electron chi connectivity index (χ1n) is 13.6. The topological polar surface area (TPSA) is 98.1 Å². The Hall–Kier alpha value is -4.41. The van der Waals surface area contributed by atoms with Gasteiger partial charge in [0.25, 0.3) is 5.91 Å². The van der Waals surface area contributed by atoms with Crippen LogP contribution >= 0.6 is 0 Å². The van der Waals surface area contributed by atoms with Gasteiger partial charge in [-0.3, -0.25) is 4.79 Å². The third kappa shape index (κ3) is 4.57. The third-order valence-corrected chi connectivity index (χ3v) is 11.2. The number of nitrogens with zero attached hydrogens (tertiary/aromatic N) is 5. The Bertz CT molecular complexity index is 1880. The first kappa shape index (κ1) is 31.6. The van der Waals surface area contributed by atoms with Crippen LogP contribution in [0.3, 0.4) is 0 Å². The molecule has 0 bridgehead atoms. The predicted octanol–water partition coefficient (Wildman–Crippen LogP) is 5.62. The van der Waals surface area contributed by atoms with E-state index in [4.69, 9.17) is 0 Å². The summed E-state index contributed by atoms with van der Waals surface area (Å²) in [6, 6.07) is 10.1. The van der Waals surface area contributed by atoms with E-state index in [0.29, 0.717) is 11.8 Å². The van der Waals surface area contributed by atoms with Gasteiger partial charge in [-0.25, -0.2) is 21.9 Å². The Kier molecular flexibility index (Phi) is 7.25. The summed E-state index contributed by atoms with van der Waals surface area (Å²) >= 11 is 0. The molecule has 0 saturated carbocycles. The number of aryl methyl sites for hydroxylation is 1. The Balaban J connectivity index is 1.47. The van der Waals surface area contributed by atoms with Crippen molar-refractivity contribution in [2.45, 2.75) is 53.0 Å². The molecule has 1 saturated heterocycles. The van der Waals surface area contributed by atoms with Crippen molar-refractivity contribution in [2.75, 3.05) is 6.54 Å². The lowest BCUT2D eigenvalue weighted by atomic mass is 9.76. The predicted molar refractivity (Wildman–Crippen MR) is 144 cm³/mol. The Labute approximate surface area is 255 Å². The number of amides is 1. The molecule has 3 aromatic carbocycles. The lowest BCUT2D eigenvalue weighted by Gasteiger charge is -2.43. The van der Waals surface area contributed by atoms with Gasteiger partial charge < -0.3 is 4.90 Å². The highest BCUT2D eigenvalue weighted by Gasteiger charge is 2.73. The number of halogens is 8. The molecule has 2 atom stereocenters. The zero-order valence-corrected chi connectivity index (χ0v) is 24.0. The van der Waals surface area contributed by atoms with Gasteiger partial charge in [0.15, 0.2) is 9.84 Å². The van der Waals surface area contributed by atoms with Gasteiger partial charge in [0.1, 0.15) is 16.9 Å². The summed E-state index contributed by atoms with van der Waals surface area (Å²) < 4.78 is 138. The SMILES string of the molecule is O=C(c1ccc(-n2cnnn2)cc1)N1CC[C@@]2(S(=O)(=O)c3ccc(F)cc3)c3ccc(C(F)(C(F)(F)F)C(F)(F)F)cc3CC[C@@H]12. The van der Waals surface area contributed by atoms with Crippen molar-refractivity contribution < 1.29 is 48.3 Å². The molecule has 8 nitrogen and oxygen atoms in total. The van der Waals surface area contributed by atoms with Gasteiger partial charge in [-0.2, -0.15) is 26.3 Å². The molecule has 1 amide bonds. The number of hydrogen-bond donors (Lipinski definition) is 0. The zero-order valence-electron chi connectivity index (χ0n) is 23.2. The van der Waals surface area contributed by atoms with Crippen LogP contribution in [0.4, 0.5) is 35.1 Å². The van der Waals surface area contributed by atoms with Crippen LogP contribution in [-0.4, -0.2) is 64.4 Å². The van der Waals surface area contributed by atoms with Gasteiger partial charge in [0, 0.05) is 17.7 Å². The minimum atomic E-state index is -6.37. The standard InChI is InChI=1S/C29H21F8N5O3S/c30-20-5-9-22(10-6-20)46(44,45)26-13-14-41(25(43)17-1-7-21(8-2-17)42-16-38-39-40-42)24(26)12-3-18-15-19(4-11-23(18)26)27(31,28(32,33)34)29(35,36)37/h1-2,4-11,15-16,24H,3,12-14H2/t24-,26-/m1/s1. The van der Waals surface area contributed by atoms with Crippen molar-refractivity contribution in [1.82, 2.24) is 25.1 Å². The number of hydrogen-bond acceptors (Lipinski definition) is 6. The number of fused-ring (bicyclic) bond motifs is 3. The minimum Gasteiger partial charge on any atom is -0.334 e. The van der Waals surface area contributed by atoms with Gasteiger partial charge in [-0.1, -0.05) is 18.2 Å². The van der Waals surface area contributed by atoms with Gasteiger partial charge in [0.2, 0.25) is 0 Å². The van der Waals surface area contributed by atoms with E-state index in [-0.39, 0.29) is 53.5 Å². The van der Waals surface area contributed by atoms with Crippen LogP contribution in [0.15, 0.2) is 78.0 Å². The fourth-order valence-corrected chi connectivity index (χ4v) is 8.87. The Morgan fingerprint density at radius 1 is 0.891 bits per heavy atom. The normalized spacial score (nSPS) is 20.3. The molecule has 2 heterocycles. The van der Waals surface area contributed by atoms with Crippen LogP contribution in [0, 0.1) is 5.82 Å². The number of carbonyl (C=O) groups is 1. The highest BCUT2D eigenvalue weighted by molar-refractivity contribution is 7.92. The number of tetrazole rings is 1. The maximum Gasteiger partial charge on any atom is 0.435 e. The molecule has 1 aliphatic carbocycles. The van der Waals surface area contributed by atoms with Gasteiger partial charge in [-0.15, -0.1) is 5.10 Å². The van der Waals surface area contributed by atoms with E-state index >= 15 is 4.39 Å². The summed E-state index contributed by atoms with van der Waals surface area (Å²) in [4.78, 5) is 14.7. The molecular formula is C29H21F8N5O3S. The summed E-state index contributed by atoms with van der Waals surface area (Å²) in [6.07, 6.45) is -12.2. The molecule has 1 fully saturated rings. The number of likely N-dealkylation sites (tertiary alicyclic amines) is 1. The molecule has 2 aliphatic rings. The molecule has 4 aromatic rings. The van der Waals surface area contributed by atoms with Crippen LogP contribution in [0.25, 0.3) is 5.69 Å². The van der Waals surface area contributed by atoms with E-state index < -0.39 is 55.9 Å². The van der Waals surface area contributed by atoms with Crippen molar-refractivity contribution >= 4 is 15.7 Å². The van der Waals surface area contributed by atoms with E-state index in [9.17, 15) is 43.9 Å². The third-order valence-electron chi connectivity index (χ3n) is 8.66. The Morgan fingerprint density at radius 2 is 1.54 bits per heavy atom. The quantitative estimate of drug-likeness (QED) is 0.202. The molecule has 0 N–H and O–H groups in total. The van der Waals surface area contributed by atoms with Crippen molar-refractivity contribution in [3.05, 3.63) is 101 Å². The molecule has 1 aromatic heterocycles. The second kappa shape index (κ2) is 10.6. The summed E-state index contributed by atoms with van der Waals surface area (Å²) in [5, 5.41) is 10.8. The zero-order chi connectivity index (χ0) is 33.3. The van der Waals surface area contributed by atoms with Gasteiger partial charge in [0.05, 0.1) is 16.6 Å². The largest absolute Gasteiger partial charge is 0.435 e. The molecule has 0 unspecified atom stereocenters. The lowest BCUT2D eigenvalue weighted by Crippen LogP contribution is -2.53. The monoisotopic (exact) mass is 671 g/mol. The van der Waals surface area contributed by atoms with Crippen LogP contribution in [0.5, 0.6) is 0 Å². The molecule has 242 valence electrons. The summed E-state index contributed by atoms with van der Waals surface area (Å²) in [5.74, 6) is -1.34. The average molecular weight is 672 g/mol. The number of alkyl halides is 7. The van der Waals surface area contributed by atoms with Gasteiger partial charge >= 0.3 is 18.0 Å². The molecule has 46 heavy (non-hydrogen) atoms. The average Bonchev–Trinajstić information content (AvgIpc) is 3.69. The molecule has 1 aliphatic heterocycles. The highest BCUT2D eigenvalue weighted by atomic mass is 32.2. The first-order chi connectivity index (χ1) is 21.5. The Morgan fingerprint density at radius 3 is 2.13 bits per heavy atom. The van der Waals surface area contributed by atoms with Crippen molar-refractivity contribution in [3.63, 3.8) is 0 Å². The molecule has 0 spiro atoms. The number of sulfone groups is 1. The van der Waals surface area contributed by atoms with Gasteiger partial charge in [-0.05, 0) is 89.3 Å². The maximum absolute atomic E-state index is 15.0. The summed E-state index contributed by atoms with van der Waals surface area (Å²) in [7, 11) is -4.60. The number of aromatic nitrogens is 4. The smallest absolute Gasteiger partial charge is 0.334 e. The minimum absolute atomic E-state index is 0.155. The highest BCUT2D eigenvalue weighted by Crippen LogP contribution is 2.56. The summed E-state index contributed by atoms with van der Waals surface area (Å²) in [6.45, 7) is -0.155. The van der Waals surface area contributed by atoms with Crippen molar-refractivity contribution in [2.24, 2.45) is 0 Å². The van der Waals surface area contributed by atoms with E-state index in [0.717, 1.165) is 30.3 Å². The molecular weight excluding hydrogens is 650 g/mol. The fraction of sp³-hybridized carbons (Fsp3) is 0.310. The van der Waals surface area contributed by atoms with Crippen LogP contribution in [0.1, 0.15) is 39.9 Å². The maximum atomic E-state index is 15.0. The second-order valence-corrected chi connectivity index (χ2v) is 13.2. The molecule has 0 radical (unpaired) electrons. The van der Waals surface area contributed by atoms with Crippen LogP contribution in [-0.2, 0) is 26.7 Å². The fourth-order valence-electron chi connectivity index (χ4n) is 6.50. The van der Waals surface area contributed by atoms with Crippen molar-refractivity contribution in [1.29, 1.82) is 0 Å². The van der Waals surface area contributed by atoms with E-state index in [1.165, 1.54) is 28.0 Å². The second-order valence-electron chi connectivity index (χ2n) is 11.0. The molecule has 6 rings (SSSR count). The molecule has 17 heteroatoms. The van der Waals surface area contributed by atoms with Crippen molar-refractivity contribution in [3.8, 4) is 5.69 Å². The van der Waals surface area contributed by atoms with E-state index in [1.807, 2.05) is 0 Å².